The normalized spacial score (nSPS) is 21.1. The number of aliphatic hydroxyl groups excluding tert-OH is 1. The molecule has 2 unspecified atom stereocenters. The van der Waals surface area contributed by atoms with Crippen LogP contribution in [0.4, 0.5) is 0 Å². The molecule has 1 aromatic carbocycles. The molecule has 18 heavy (non-hydrogen) atoms. The molecular formula is C14H18O4. The van der Waals surface area contributed by atoms with E-state index in [1.165, 1.54) is 0 Å². The van der Waals surface area contributed by atoms with Crippen LogP contribution in [0.2, 0.25) is 0 Å². The second-order valence-corrected chi connectivity index (χ2v) is 4.22. The highest BCUT2D eigenvalue weighted by atomic mass is 16.6. The second-order valence-electron chi connectivity index (χ2n) is 4.22. The number of rotatable bonds is 7. The van der Waals surface area contributed by atoms with Crippen LogP contribution < -0.4 is 4.74 Å². The molecule has 0 spiro atoms. The van der Waals surface area contributed by atoms with E-state index in [1.54, 1.807) is 13.2 Å². The highest BCUT2D eigenvalue weighted by Crippen LogP contribution is 2.20. The van der Waals surface area contributed by atoms with Crippen LogP contribution in [0.5, 0.6) is 5.75 Å². The number of methoxy groups -OCH3 is 1. The number of ether oxygens (including phenoxy) is 3. The number of hydrogen-bond acceptors (Lipinski definition) is 4. The van der Waals surface area contributed by atoms with Gasteiger partial charge in [-0.25, -0.2) is 0 Å². The Morgan fingerprint density at radius 3 is 2.67 bits per heavy atom. The van der Waals surface area contributed by atoms with Gasteiger partial charge in [0.05, 0.1) is 20.3 Å². The molecule has 98 valence electrons. The zero-order valence-electron chi connectivity index (χ0n) is 10.4. The molecule has 0 amide bonds. The van der Waals surface area contributed by atoms with Crippen molar-refractivity contribution >= 4 is 0 Å². The van der Waals surface area contributed by atoms with E-state index in [0.717, 1.165) is 11.3 Å². The Hall–Kier alpha value is -1.36. The van der Waals surface area contributed by atoms with Crippen molar-refractivity contribution in [1.82, 2.24) is 0 Å². The Kier molecular flexibility index (Phi) is 4.36. The molecule has 0 bridgehead atoms. The smallest absolute Gasteiger partial charge is 0.118 e. The molecule has 1 aromatic rings. The summed E-state index contributed by atoms with van der Waals surface area (Å²) in [4.78, 5) is 0. The third kappa shape index (κ3) is 3.32. The summed E-state index contributed by atoms with van der Waals surface area (Å²) in [6, 6.07) is 7.61. The number of aliphatic hydroxyl groups is 1. The van der Waals surface area contributed by atoms with Gasteiger partial charge in [-0.3, -0.25) is 0 Å². The largest absolute Gasteiger partial charge is 0.497 e. The van der Waals surface area contributed by atoms with E-state index >= 15 is 0 Å². The van der Waals surface area contributed by atoms with Crippen molar-refractivity contribution in [3.05, 3.63) is 42.5 Å². The van der Waals surface area contributed by atoms with Crippen molar-refractivity contribution in [3.8, 4) is 5.75 Å². The lowest BCUT2D eigenvalue weighted by Crippen LogP contribution is -2.31. The van der Waals surface area contributed by atoms with Crippen molar-refractivity contribution in [1.29, 1.82) is 0 Å². The summed E-state index contributed by atoms with van der Waals surface area (Å²) in [5, 5.41) is 9.87. The Balaban J connectivity index is 1.86. The molecule has 0 aliphatic carbocycles. The summed E-state index contributed by atoms with van der Waals surface area (Å²) in [5.41, 5.74) is 1.02. The first kappa shape index (κ1) is 13.1. The van der Waals surface area contributed by atoms with Crippen LogP contribution in [0.3, 0.4) is 0 Å². The topological polar surface area (TPSA) is 51.2 Å². The Bertz CT molecular complexity index is 383. The molecule has 1 aliphatic heterocycles. The highest BCUT2D eigenvalue weighted by Gasteiger charge is 2.36. The standard InChI is InChI=1S/C14H18O4/c1-3-12(14(15)13-9-18-13)17-8-10-4-6-11(16-2)7-5-10/h3-7,12-15H,1,8-9H2,2H3/t12?,13-,14?/m1/s1. The van der Waals surface area contributed by atoms with E-state index in [0.29, 0.717) is 13.2 Å². The van der Waals surface area contributed by atoms with Gasteiger partial charge in [0.2, 0.25) is 0 Å². The summed E-state index contributed by atoms with van der Waals surface area (Å²) in [6.45, 7) is 4.69. The van der Waals surface area contributed by atoms with Crippen LogP contribution in [-0.2, 0) is 16.1 Å². The van der Waals surface area contributed by atoms with Crippen molar-refractivity contribution < 1.29 is 19.3 Å². The Morgan fingerprint density at radius 2 is 2.17 bits per heavy atom. The van der Waals surface area contributed by atoms with Gasteiger partial charge >= 0.3 is 0 Å². The maximum atomic E-state index is 9.87. The molecule has 1 fully saturated rings. The third-order valence-corrected chi connectivity index (χ3v) is 2.91. The lowest BCUT2D eigenvalue weighted by Gasteiger charge is -2.18. The molecule has 1 heterocycles. The minimum Gasteiger partial charge on any atom is -0.497 e. The lowest BCUT2D eigenvalue weighted by molar-refractivity contribution is -0.0291. The molecule has 0 radical (unpaired) electrons. The van der Waals surface area contributed by atoms with Gasteiger partial charge in [0.25, 0.3) is 0 Å². The van der Waals surface area contributed by atoms with Gasteiger partial charge < -0.3 is 19.3 Å². The molecule has 0 aromatic heterocycles. The van der Waals surface area contributed by atoms with Crippen LogP contribution in [0, 0.1) is 0 Å². The van der Waals surface area contributed by atoms with E-state index in [2.05, 4.69) is 6.58 Å². The average molecular weight is 250 g/mol. The van der Waals surface area contributed by atoms with Crippen molar-refractivity contribution in [3.63, 3.8) is 0 Å². The van der Waals surface area contributed by atoms with Crippen LogP contribution in [0.15, 0.2) is 36.9 Å². The highest BCUT2D eigenvalue weighted by molar-refractivity contribution is 5.26. The van der Waals surface area contributed by atoms with Gasteiger partial charge in [0.1, 0.15) is 24.1 Å². The van der Waals surface area contributed by atoms with E-state index in [-0.39, 0.29) is 6.10 Å². The van der Waals surface area contributed by atoms with Crippen molar-refractivity contribution in [2.75, 3.05) is 13.7 Å². The predicted octanol–water partition coefficient (Wildman–Crippen LogP) is 1.53. The maximum absolute atomic E-state index is 9.87. The molecule has 1 aliphatic rings. The molecule has 3 atom stereocenters. The molecule has 4 nitrogen and oxygen atoms in total. The SMILES string of the molecule is C=CC(OCc1ccc(OC)cc1)C(O)[C@H]1CO1. The predicted molar refractivity (Wildman–Crippen MR) is 67.5 cm³/mol. The van der Waals surface area contributed by atoms with Gasteiger partial charge in [-0.2, -0.15) is 0 Å². The lowest BCUT2D eigenvalue weighted by atomic mass is 10.1. The summed E-state index contributed by atoms with van der Waals surface area (Å²) < 4.78 is 15.7. The van der Waals surface area contributed by atoms with E-state index in [4.69, 9.17) is 14.2 Å². The number of benzene rings is 1. The van der Waals surface area contributed by atoms with E-state index in [1.807, 2.05) is 24.3 Å². The molecule has 4 heteroatoms. The molecule has 0 saturated carbocycles. The minimum absolute atomic E-state index is 0.108. The van der Waals surface area contributed by atoms with Crippen LogP contribution in [0.25, 0.3) is 0 Å². The van der Waals surface area contributed by atoms with Crippen molar-refractivity contribution in [2.24, 2.45) is 0 Å². The summed E-state index contributed by atoms with van der Waals surface area (Å²) in [6.07, 6.45) is 0.458. The monoisotopic (exact) mass is 250 g/mol. The second kappa shape index (κ2) is 6.00. The zero-order valence-corrected chi connectivity index (χ0v) is 10.4. The van der Waals surface area contributed by atoms with Gasteiger partial charge in [-0.1, -0.05) is 18.2 Å². The van der Waals surface area contributed by atoms with Crippen LogP contribution in [-0.4, -0.2) is 37.1 Å². The Labute approximate surface area is 107 Å². The average Bonchev–Trinajstić information content (AvgIpc) is 3.24. The fraction of sp³-hybridized carbons (Fsp3) is 0.429. The Morgan fingerprint density at radius 1 is 1.50 bits per heavy atom. The van der Waals surface area contributed by atoms with E-state index in [9.17, 15) is 5.11 Å². The third-order valence-electron chi connectivity index (χ3n) is 2.91. The first-order valence-corrected chi connectivity index (χ1v) is 5.91. The number of hydrogen-bond donors (Lipinski definition) is 1. The fourth-order valence-corrected chi connectivity index (χ4v) is 1.68. The summed E-state index contributed by atoms with van der Waals surface area (Å²) in [7, 11) is 1.63. The molecule has 2 rings (SSSR count). The van der Waals surface area contributed by atoms with E-state index < -0.39 is 12.2 Å². The molecule has 1 N–H and O–H groups in total. The van der Waals surface area contributed by atoms with Crippen LogP contribution in [0.1, 0.15) is 5.56 Å². The van der Waals surface area contributed by atoms with Gasteiger partial charge in [-0.15, -0.1) is 6.58 Å². The first-order chi connectivity index (χ1) is 8.74. The summed E-state index contributed by atoms with van der Waals surface area (Å²) in [5.74, 6) is 0.811. The van der Waals surface area contributed by atoms with Gasteiger partial charge in [0, 0.05) is 0 Å². The first-order valence-electron chi connectivity index (χ1n) is 5.91. The maximum Gasteiger partial charge on any atom is 0.118 e. The minimum atomic E-state index is -0.638. The van der Waals surface area contributed by atoms with Crippen LogP contribution >= 0.6 is 0 Å². The zero-order chi connectivity index (χ0) is 13.0. The van der Waals surface area contributed by atoms with Gasteiger partial charge in [0.15, 0.2) is 0 Å². The summed E-state index contributed by atoms with van der Waals surface area (Å²) >= 11 is 0. The van der Waals surface area contributed by atoms with Crippen molar-refractivity contribution in [2.45, 2.75) is 24.9 Å². The fourth-order valence-electron chi connectivity index (χ4n) is 1.68. The van der Waals surface area contributed by atoms with Gasteiger partial charge in [-0.05, 0) is 17.7 Å². The molecule has 1 saturated heterocycles. The molecular weight excluding hydrogens is 232 g/mol. The quantitative estimate of drug-likeness (QED) is 0.589. The number of epoxide rings is 1.